The predicted molar refractivity (Wildman–Crippen MR) is 117 cm³/mol. The maximum absolute atomic E-state index is 12.4. The number of hydrogen-bond donors (Lipinski definition) is 1. The standard InChI is InChI=1S/C23H26ClN3O2/c1-27(2)21(28)17-6-7-20-18(13-17)14-23(8-10-29-11-9-23)22(26-20)25-15-16-4-3-5-19(24)12-16/h3-7,12-13H,8-11,14-15H2,1-2H3,(H,25,26). The molecule has 0 unspecified atom stereocenters. The lowest BCUT2D eigenvalue weighted by Crippen LogP contribution is -2.46. The van der Waals surface area contributed by atoms with Gasteiger partial charge in [0.15, 0.2) is 0 Å². The molecule has 0 atom stereocenters. The van der Waals surface area contributed by atoms with Gasteiger partial charge in [0.2, 0.25) is 0 Å². The number of amides is 1. The summed E-state index contributed by atoms with van der Waals surface area (Å²) in [5.74, 6) is 1.04. The number of nitrogens with zero attached hydrogens (tertiary/aromatic N) is 2. The van der Waals surface area contributed by atoms with Crippen LogP contribution in [0.25, 0.3) is 0 Å². The summed E-state index contributed by atoms with van der Waals surface area (Å²) < 4.78 is 5.64. The molecule has 29 heavy (non-hydrogen) atoms. The molecule has 4 rings (SSSR count). The quantitative estimate of drug-likeness (QED) is 0.814. The fourth-order valence-corrected chi connectivity index (χ4v) is 4.36. The maximum Gasteiger partial charge on any atom is 0.253 e. The van der Waals surface area contributed by atoms with E-state index in [0.717, 1.165) is 60.1 Å². The number of halogens is 1. The van der Waals surface area contributed by atoms with E-state index in [1.54, 1.807) is 19.0 Å². The first-order chi connectivity index (χ1) is 14.0. The Labute approximate surface area is 176 Å². The lowest BCUT2D eigenvalue weighted by molar-refractivity contribution is 0.0448. The lowest BCUT2D eigenvalue weighted by atomic mass is 9.71. The van der Waals surface area contributed by atoms with Crippen LogP contribution in [0.4, 0.5) is 5.69 Å². The van der Waals surface area contributed by atoms with Crippen molar-refractivity contribution in [2.45, 2.75) is 25.8 Å². The number of rotatable bonds is 3. The number of anilines is 1. The van der Waals surface area contributed by atoms with Crippen molar-refractivity contribution >= 4 is 29.0 Å². The van der Waals surface area contributed by atoms with Gasteiger partial charge < -0.3 is 15.0 Å². The van der Waals surface area contributed by atoms with Crippen LogP contribution in [-0.2, 0) is 17.7 Å². The summed E-state index contributed by atoms with van der Waals surface area (Å²) in [6.45, 7) is 2.03. The summed E-state index contributed by atoms with van der Waals surface area (Å²) in [4.78, 5) is 19.0. The molecule has 2 aliphatic rings. The Balaban J connectivity index is 1.67. The van der Waals surface area contributed by atoms with Crippen LogP contribution in [-0.4, -0.2) is 44.0 Å². The van der Waals surface area contributed by atoms with E-state index in [2.05, 4.69) is 5.32 Å². The van der Waals surface area contributed by atoms with Crippen molar-refractivity contribution in [3.63, 3.8) is 0 Å². The van der Waals surface area contributed by atoms with E-state index >= 15 is 0 Å². The van der Waals surface area contributed by atoms with Gasteiger partial charge in [-0.15, -0.1) is 0 Å². The molecule has 1 N–H and O–H groups in total. The number of nitrogens with one attached hydrogen (secondary N) is 1. The third-order valence-corrected chi connectivity index (χ3v) is 6.04. The molecule has 0 aromatic heterocycles. The number of benzene rings is 2. The third-order valence-electron chi connectivity index (χ3n) is 5.80. The van der Waals surface area contributed by atoms with Crippen molar-refractivity contribution in [1.29, 1.82) is 0 Å². The summed E-state index contributed by atoms with van der Waals surface area (Å²) >= 11 is 6.13. The molecule has 0 aliphatic carbocycles. The van der Waals surface area contributed by atoms with Gasteiger partial charge in [0.05, 0.1) is 6.54 Å². The minimum Gasteiger partial charge on any atom is -0.381 e. The van der Waals surface area contributed by atoms with Gasteiger partial charge >= 0.3 is 0 Å². The number of fused-ring (bicyclic) bond motifs is 1. The van der Waals surface area contributed by atoms with Crippen LogP contribution in [0.15, 0.2) is 47.5 Å². The molecular weight excluding hydrogens is 386 g/mol. The summed E-state index contributed by atoms with van der Waals surface area (Å²) in [6, 6.07) is 13.7. The molecule has 0 saturated carbocycles. The zero-order valence-corrected chi connectivity index (χ0v) is 17.6. The van der Waals surface area contributed by atoms with E-state index in [4.69, 9.17) is 21.3 Å². The number of carbonyl (C=O) groups is 1. The Morgan fingerprint density at radius 2 is 2.00 bits per heavy atom. The molecule has 1 saturated heterocycles. The fraction of sp³-hybridized carbons (Fsp3) is 0.391. The molecule has 1 spiro atoms. The van der Waals surface area contributed by atoms with E-state index in [1.165, 1.54) is 5.56 Å². The largest absolute Gasteiger partial charge is 0.381 e. The van der Waals surface area contributed by atoms with Gasteiger partial charge in [-0.3, -0.25) is 9.79 Å². The highest BCUT2D eigenvalue weighted by Gasteiger charge is 2.41. The van der Waals surface area contributed by atoms with E-state index in [-0.39, 0.29) is 11.3 Å². The van der Waals surface area contributed by atoms with E-state index in [0.29, 0.717) is 6.54 Å². The van der Waals surface area contributed by atoms with Gasteiger partial charge in [0.1, 0.15) is 5.84 Å². The second kappa shape index (κ2) is 8.17. The Morgan fingerprint density at radius 3 is 2.72 bits per heavy atom. The highest BCUT2D eigenvalue weighted by molar-refractivity contribution is 6.30. The zero-order valence-electron chi connectivity index (χ0n) is 16.9. The molecule has 2 aliphatic heterocycles. The second-order valence-corrected chi connectivity index (χ2v) is 8.50. The zero-order chi connectivity index (χ0) is 20.4. The molecule has 152 valence electrons. The molecule has 2 aromatic carbocycles. The first kappa shape index (κ1) is 19.9. The number of ether oxygens (including phenoxy) is 1. The molecule has 6 heteroatoms. The van der Waals surface area contributed by atoms with Crippen molar-refractivity contribution < 1.29 is 9.53 Å². The molecular formula is C23H26ClN3O2. The summed E-state index contributed by atoms with van der Waals surface area (Å²) in [5.41, 5.74) is 3.93. The van der Waals surface area contributed by atoms with Crippen molar-refractivity contribution in [2.24, 2.45) is 10.4 Å². The number of carbonyl (C=O) groups excluding carboxylic acids is 1. The first-order valence-electron chi connectivity index (χ1n) is 9.96. The van der Waals surface area contributed by atoms with Gasteiger partial charge in [-0.1, -0.05) is 23.7 Å². The van der Waals surface area contributed by atoms with Crippen LogP contribution < -0.4 is 5.32 Å². The Morgan fingerprint density at radius 1 is 1.21 bits per heavy atom. The van der Waals surface area contributed by atoms with Crippen LogP contribution >= 0.6 is 11.6 Å². The van der Waals surface area contributed by atoms with E-state index in [9.17, 15) is 4.79 Å². The molecule has 5 nitrogen and oxygen atoms in total. The van der Waals surface area contributed by atoms with E-state index < -0.39 is 0 Å². The first-order valence-corrected chi connectivity index (χ1v) is 10.3. The average Bonchev–Trinajstić information content (AvgIpc) is 2.72. The molecule has 2 aromatic rings. The highest BCUT2D eigenvalue weighted by atomic mass is 35.5. The fourth-order valence-electron chi connectivity index (χ4n) is 4.15. The van der Waals surface area contributed by atoms with Gasteiger partial charge in [0, 0.05) is 49.0 Å². The van der Waals surface area contributed by atoms with Crippen LogP contribution in [0, 0.1) is 5.41 Å². The Bertz CT molecular complexity index is 949. The van der Waals surface area contributed by atoms with Gasteiger partial charge in [-0.05, 0) is 60.7 Å². The molecule has 1 amide bonds. The van der Waals surface area contributed by atoms with Crippen molar-refractivity contribution in [3.8, 4) is 0 Å². The average molecular weight is 412 g/mol. The minimum atomic E-state index is -0.0797. The topological polar surface area (TPSA) is 53.9 Å². The Hall–Kier alpha value is -2.37. The van der Waals surface area contributed by atoms with Gasteiger partial charge in [0.25, 0.3) is 5.91 Å². The normalized spacial score (nSPS) is 18.9. The van der Waals surface area contributed by atoms with Crippen LogP contribution in [0.3, 0.4) is 0 Å². The SMILES string of the molecule is CN(C)C(=O)c1ccc2c(c1)CC1(CCOCC1)C(=NCc1cccc(Cl)c1)N2. The minimum absolute atomic E-state index is 0.0225. The molecule has 2 heterocycles. The monoisotopic (exact) mass is 411 g/mol. The van der Waals surface area contributed by atoms with Crippen molar-refractivity contribution in [2.75, 3.05) is 32.6 Å². The van der Waals surface area contributed by atoms with Crippen molar-refractivity contribution in [3.05, 3.63) is 64.2 Å². The van der Waals surface area contributed by atoms with Crippen LogP contribution in [0.1, 0.15) is 34.3 Å². The maximum atomic E-state index is 12.4. The van der Waals surface area contributed by atoms with Gasteiger partial charge in [-0.2, -0.15) is 0 Å². The number of aliphatic imine (C=N–C) groups is 1. The predicted octanol–water partition coefficient (Wildman–Crippen LogP) is 4.41. The van der Waals surface area contributed by atoms with E-state index in [1.807, 2.05) is 42.5 Å². The summed E-state index contributed by atoms with van der Waals surface area (Å²) in [6.07, 6.45) is 2.70. The summed E-state index contributed by atoms with van der Waals surface area (Å²) in [7, 11) is 3.56. The molecule has 0 radical (unpaired) electrons. The number of hydrogen-bond acceptors (Lipinski definition) is 3. The summed E-state index contributed by atoms with van der Waals surface area (Å²) in [5, 5.41) is 4.30. The third kappa shape index (κ3) is 4.16. The molecule has 1 fully saturated rings. The number of amidine groups is 1. The smallest absolute Gasteiger partial charge is 0.253 e. The van der Waals surface area contributed by atoms with Crippen molar-refractivity contribution in [1.82, 2.24) is 4.90 Å². The highest BCUT2D eigenvalue weighted by Crippen LogP contribution is 2.42. The Kier molecular flexibility index (Phi) is 5.61. The molecule has 0 bridgehead atoms. The van der Waals surface area contributed by atoms with Crippen LogP contribution in [0.2, 0.25) is 5.02 Å². The second-order valence-electron chi connectivity index (χ2n) is 8.06. The van der Waals surface area contributed by atoms with Crippen LogP contribution in [0.5, 0.6) is 0 Å². The lowest BCUT2D eigenvalue weighted by Gasteiger charge is -2.42. The van der Waals surface area contributed by atoms with Gasteiger partial charge in [-0.25, -0.2) is 0 Å².